The number of primary amides is 1. The van der Waals surface area contributed by atoms with Crippen molar-refractivity contribution in [3.63, 3.8) is 0 Å². The minimum Gasteiger partial charge on any atom is -0.481 e. The standard InChI is InChI=1S/C18H29N5O10/c1-7(2)3-9(21-15(29)8(19)4-12(20)24)16(30)22-10(5-13(25)26)17(31)23-11(18(32)33)6-14(27)28/h7-11H,3-6,19H2,1-2H3,(H2,20,24)(H,21,29)(H,22,30)(H,23,31)(H,25,26)(H,27,28)(H,32,33)/t8-,9-,10-,11-/m0/s1. The molecular weight excluding hydrogens is 446 g/mol. The van der Waals surface area contributed by atoms with Gasteiger partial charge in [0.25, 0.3) is 0 Å². The first-order valence-electron chi connectivity index (χ1n) is 9.75. The third-order valence-electron chi connectivity index (χ3n) is 4.10. The number of carbonyl (C=O) groups excluding carboxylic acids is 4. The fraction of sp³-hybridized carbons (Fsp3) is 0.611. The molecule has 0 heterocycles. The van der Waals surface area contributed by atoms with E-state index in [0.717, 1.165) is 0 Å². The zero-order valence-corrected chi connectivity index (χ0v) is 18.1. The summed E-state index contributed by atoms with van der Waals surface area (Å²) in [6.07, 6.45) is -2.40. The van der Waals surface area contributed by atoms with E-state index < -0.39 is 85.0 Å². The molecule has 15 nitrogen and oxygen atoms in total. The number of amides is 4. The van der Waals surface area contributed by atoms with Crippen LogP contribution in [0.5, 0.6) is 0 Å². The highest BCUT2D eigenvalue weighted by Gasteiger charge is 2.32. The van der Waals surface area contributed by atoms with Crippen molar-refractivity contribution < 1.29 is 48.9 Å². The van der Waals surface area contributed by atoms with Gasteiger partial charge in [0.1, 0.15) is 18.1 Å². The van der Waals surface area contributed by atoms with E-state index in [-0.39, 0.29) is 12.3 Å². The smallest absolute Gasteiger partial charge is 0.326 e. The van der Waals surface area contributed by atoms with Gasteiger partial charge in [-0.15, -0.1) is 0 Å². The molecule has 0 bridgehead atoms. The number of hydrogen-bond acceptors (Lipinski definition) is 8. The Hall–Kier alpha value is -3.75. The largest absolute Gasteiger partial charge is 0.481 e. The average Bonchev–Trinajstić information content (AvgIpc) is 2.64. The molecule has 0 aliphatic carbocycles. The van der Waals surface area contributed by atoms with Crippen molar-refractivity contribution in [2.24, 2.45) is 17.4 Å². The number of carbonyl (C=O) groups is 7. The summed E-state index contributed by atoms with van der Waals surface area (Å²) in [4.78, 5) is 81.3. The predicted molar refractivity (Wildman–Crippen MR) is 109 cm³/mol. The average molecular weight is 475 g/mol. The van der Waals surface area contributed by atoms with Gasteiger partial charge in [-0.2, -0.15) is 0 Å². The van der Waals surface area contributed by atoms with Crippen LogP contribution in [0, 0.1) is 5.92 Å². The SMILES string of the molecule is CC(C)C[C@H](NC(=O)[C@@H](N)CC(N)=O)C(=O)N[C@@H](CC(=O)O)C(=O)N[C@@H](CC(=O)O)C(=O)O. The van der Waals surface area contributed by atoms with E-state index in [9.17, 15) is 33.6 Å². The molecule has 0 aromatic carbocycles. The summed E-state index contributed by atoms with van der Waals surface area (Å²) >= 11 is 0. The van der Waals surface area contributed by atoms with Crippen molar-refractivity contribution in [1.29, 1.82) is 0 Å². The van der Waals surface area contributed by atoms with E-state index in [1.165, 1.54) is 0 Å². The van der Waals surface area contributed by atoms with Crippen molar-refractivity contribution in [1.82, 2.24) is 16.0 Å². The molecule has 0 aromatic heterocycles. The molecule has 186 valence electrons. The molecule has 0 saturated carbocycles. The predicted octanol–water partition coefficient (Wildman–Crippen LogP) is -3.28. The van der Waals surface area contributed by atoms with Crippen molar-refractivity contribution in [3.8, 4) is 0 Å². The molecule has 0 radical (unpaired) electrons. The molecule has 0 rings (SSSR count). The van der Waals surface area contributed by atoms with Gasteiger partial charge in [-0.1, -0.05) is 13.8 Å². The van der Waals surface area contributed by atoms with Crippen molar-refractivity contribution in [3.05, 3.63) is 0 Å². The first kappa shape index (κ1) is 29.2. The van der Waals surface area contributed by atoms with Crippen molar-refractivity contribution in [2.75, 3.05) is 0 Å². The van der Waals surface area contributed by atoms with Gasteiger partial charge in [0.2, 0.25) is 23.6 Å². The van der Waals surface area contributed by atoms with E-state index in [2.05, 4.69) is 10.6 Å². The van der Waals surface area contributed by atoms with Crippen LogP contribution in [-0.4, -0.2) is 81.0 Å². The summed E-state index contributed by atoms with van der Waals surface area (Å²) in [5.41, 5.74) is 10.5. The van der Waals surface area contributed by atoms with E-state index in [1.807, 2.05) is 5.32 Å². The van der Waals surface area contributed by atoms with E-state index >= 15 is 0 Å². The highest BCUT2D eigenvalue weighted by Crippen LogP contribution is 2.07. The Morgan fingerprint density at radius 3 is 1.55 bits per heavy atom. The first-order valence-corrected chi connectivity index (χ1v) is 9.75. The maximum atomic E-state index is 12.7. The van der Waals surface area contributed by atoms with E-state index in [4.69, 9.17) is 26.8 Å². The van der Waals surface area contributed by atoms with Crippen LogP contribution in [0.15, 0.2) is 0 Å². The summed E-state index contributed by atoms with van der Waals surface area (Å²) in [6.45, 7) is 3.42. The molecule has 4 amide bonds. The van der Waals surface area contributed by atoms with Crippen LogP contribution in [0.4, 0.5) is 0 Å². The minimum atomic E-state index is -1.87. The summed E-state index contributed by atoms with van der Waals surface area (Å²) in [5.74, 6) is -8.86. The van der Waals surface area contributed by atoms with Gasteiger partial charge in [0.05, 0.1) is 25.3 Å². The molecule has 0 aliphatic heterocycles. The highest BCUT2D eigenvalue weighted by molar-refractivity contribution is 5.96. The Kier molecular flexibility index (Phi) is 12.1. The van der Waals surface area contributed by atoms with Gasteiger partial charge in [-0.3, -0.25) is 28.8 Å². The molecule has 33 heavy (non-hydrogen) atoms. The normalized spacial score (nSPS) is 14.3. The molecule has 10 N–H and O–H groups in total. The van der Waals surface area contributed by atoms with Crippen LogP contribution in [0.25, 0.3) is 0 Å². The summed E-state index contributed by atoms with van der Waals surface area (Å²) in [7, 11) is 0. The molecule has 0 unspecified atom stereocenters. The number of carboxylic acids is 3. The lowest BCUT2D eigenvalue weighted by Gasteiger charge is -2.25. The third-order valence-corrected chi connectivity index (χ3v) is 4.10. The molecule has 0 saturated heterocycles. The van der Waals surface area contributed by atoms with Gasteiger partial charge in [-0.05, 0) is 12.3 Å². The monoisotopic (exact) mass is 475 g/mol. The number of aliphatic carboxylic acids is 3. The van der Waals surface area contributed by atoms with Crippen molar-refractivity contribution in [2.45, 2.75) is 63.7 Å². The molecule has 0 fully saturated rings. The topological polar surface area (TPSA) is 268 Å². The fourth-order valence-corrected chi connectivity index (χ4v) is 2.59. The lowest BCUT2D eigenvalue weighted by atomic mass is 10.0. The third kappa shape index (κ3) is 12.0. The quantitative estimate of drug-likeness (QED) is 0.116. The van der Waals surface area contributed by atoms with Crippen LogP contribution in [-0.2, 0) is 33.6 Å². The van der Waals surface area contributed by atoms with Crippen LogP contribution in [0.2, 0.25) is 0 Å². The molecule has 0 spiro atoms. The second-order valence-electron chi connectivity index (χ2n) is 7.62. The zero-order chi connectivity index (χ0) is 25.9. The summed E-state index contributed by atoms with van der Waals surface area (Å²) in [5, 5.41) is 33.1. The number of nitrogens with one attached hydrogen (secondary N) is 3. The number of nitrogens with two attached hydrogens (primary N) is 2. The number of hydrogen-bond donors (Lipinski definition) is 8. The highest BCUT2D eigenvalue weighted by atomic mass is 16.4. The second-order valence-corrected chi connectivity index (χ2v) is 7.62. The lowest BCUT2D eigenvalue weighted by molar-refractivity contribution is -0.148. The number of carboxylic acid groups (broad SMARTS) is 3. The Morgan fingerprint density at radius 1 is 0.697 bits per heavy atom. The Labute approximate surface area is 188 Å². The molecule has 0 aliphatic rings. The Balaban J connectivity index is 5.56. The zero-order valence-electron chi connectivity index (χ0n) is 18.1. The minimum absolute atomic E-state index is 0.0407. The maximum Gasteiger partial charge on any atom is 0.326 e. The first-order chi connectivity index (χ1) is 15.1. The van der Waals surface area contributed by atoms with Crippen LogP contribution < -0.4 is 27.4 Å². The second kappa shape index (κ2) is 13.6. The summed E-state index contributed by atoms with van der Waals surface area (Å²) < 4.78 is 0. The van der Waals surface area contributed by atoms with Gasteiger partial charge < -0.3 is 42.7 Å². The van der Waals surface area contributed by atoms with Crippen molar-refractivity contribution >= 4 is 41.5 Å². The van der Waals surface area contributed by atoms with Crippen LogP contribution in [0.1, 0.15) is 39.5 Å². The Bertz CT molecular complexity index is 785. The van der Waals surface area contributed by atoms with Gasteiger partial charge >= 0.3 is 17.9 Å². The molecule has 15 heteroatoms. The van der Waals surface area contributed by atoms with Crippen LogP contribution in [0.3, 0.4) is 0 Å². The molecule has 0 aromatic rings. The van der Waals surface area contributed by atoms with Gasteiger partial charge in [0, 0.05) is 0 Å². The summed E-state index contributed by atoms with van der Waals surface area (Å²) in [6, 6.07) is -6.29. The molecular formula is C18H29N5O10. The van der Waals surface area contributed by atoms with E-state index in [1.54, 1.807) is 13.8 Å². The van der Waals surface area contributed by atoms with Gasteiger partial charge in [0.15, 0.2) is 0 Å². The van der Waals surface area contributed by atoms with Crippen LogP contribution >= 0.6 is 0 Å². The fourth-order valence-electron chi connectivity index (χ4n) is 2.59. The molecule has 4 atom stereocenters. The Morgan fingerprint density at radius 2 is 1.12 bits per heavy atom. The maximum absolute atomic E-state index is 12.7. The lowest BCUT2D eigenvalue weighted by Crippen LogP contribution is -2.58. The van der Waals surface area contributed by atoms with E-state index in [0.29, 0.717) is 0 Å². The van der Waals surface area contributed by atoms with Gasteiger partial charge in [-0.25, -0.2) is 4.79 Å². The number of rotatable bonds is 15.